The van der Waals surface area contributed by atoms with Crippen LogP contribution in [0.15, 0.2) is 174 Å². The molecule has 0 radical (unpaired) electrons. The third-order valence-electron chi connectivity index (χ3n) is 7.01. The summed E-state index contributed by atoms with van der Waals surface area (Å²) < 4.78 is 254. The monoisotopic (exact) mass is 600 g/mol. The highest BCUT2D eigenvalue weighted by atomic mass is 16.3. The lowest BCUT2D eigenvalue weighted by molar-refractivity contribution is 0.669. The van der Waals surface area contributed by atoms with E-state index in [0.717, 1.165) is 0 Å². The Morgan fingerprint density at radius 3 is 1.33 bits per heavy atom. The molecular formula is C44H28O. The summed E-state index contributed by atoms with van der Waals surface area (Å²) >= 11 is 0. The zero-order valence-corrected chi connectivity index (χ0v) is 22.4. The Morgan fingerprint density at radius 2 is 0.733 bits per heavy atom. The minimum Gasteiger partial charge on any atom is -0.456 e. The standard InChI is InChI=1S/C44H28O/c1-3-11-29(12-4-1)31-19-21-32(22-20-31)43-36-15-7-9-17-38(36)44(39-18-10-8-16-37(39)43)34-24-26-41-40(27-34)35-25-23-33(28-42(35)45-41)30-13-5-2-6-14-30/h1-28H/i1D,2D,3D,4D,5D,6D,7D,8D,9D,10D,11D,12D,13D,14D,15D,16D,17D,18D,19D,20D,21D,22D,23D,24D,25D,26D,27D,28D. The lowest BCUT2D eigenvalue weighted by atomic mass is 9.85. The van der Waals surface area contributed by atoms with E-state index in [2.05, 4.69) is 0 Å². The first-order valence-corrected chi connectivity index (χ1v) is 13.2. The number of rotatable bonds is 4. The summed E-state index contributed by atoms with van der Waals surface area (Å²) in [6.07, 6.45) is 0. The summed E-state index contributed by atoms with van der Waals surface area (Å²) in [6, 6.07) is -26.2. The van der Waals surface area contributed by atoms with Gasteiger partial charge < -0.3 is 4.42 Å². The molecule has 9 aromatic rings. The highest BCUT2D eigenvalue weighted by molar-refractivity contribution is 6.22. The second-order valence-electron chi connectivity index (χ2n) is 9.51. The Balaban J connectivity index is 1.52. The summed E-state index contributed by atoms with van der Waals surface area (Å²) in [6.45, 7) is 0. The molecular weight excluding hydrogens is 544 g/mol. The van der Waals surface area contributed by atoms with Crippen LogP contribution in [0, 0.1) is 0 Å². The second kappa shape index (κ2) is 10.4. The van der Waals surface area contributed by atoms with Crippen LogP contribution in [0.2, 0.25) is 0 Å². The van der Waals surface area contributed by atoms with Gasteiger partial charge in [-0.15, -0.1) is 0 Å². The number of hydrogen-bond donors (Lipinski definition) is 0. The van der Waals surface area contributed by atoms with Crippen LogP contribution in [0.1, 0.15) is 38.4 Å². The van der Waals surface area contributed by atoms with Crippen LogP contribution in [0.5, 0.6) is 0 Å². The number of hydrogen-bond acceptors (Lipinski definition) is 1. The quantitative estimate of drug-likeness (QED) is 0.183. The average Bonchev–Trinajstić information content (AvgIpc) is 3.78. The lowest BCUT2D eigenvalue weighted by Gasteiger charge is -2.18. The molecule has 0 bridgehead atoms. The first-order valence-electron chi connectivity index (χ1n) is 27.2. The maximum Gasteiger partial charge on any atom is 0.136 e. The van der Waals surface area contributed by atoms with Gasteiger partial charge in [-0.3, -0.25) is 0 Å². The van der Waals surface area contributed by atoms with E-state index in [1.165, 1.54) is 0 Å². The predicted octanol–water partition coefficient (Wildman–Crippen LogP) is 12.6. The van der Waals surface area contributed by atoms with Gasteiger partial charge in [-0.25, -0.2) is 0 Å². The average molecular weight is 601 g/mol. The zero-order valence-electron chi connectivity index (χ0n) is 50.4. The second-order valence-corrected chi connectivity index (χ2v) is 9.51. The number of furan rings is 1. The van der Waals surface area contributed by atoms with Gasteiger partial charge in [0, 0.05) is 10.8 Å². The number of fused-ring (bicyclic) bond motifs is 5. The fourth-order valence-corrected chi connectivity index (χ4v) is 5.08. The predicted molar refractivity (Wildman–Crippen MR) is 190 cm³/mol. The highest BCUT2D eigenvalue weighted by Gasteiger charge is 2.18. The minimum absolute atomic E-state index is 0.544. The molecule has 0 amide bonds. The van der Waals surface area contributed by atoms with E-state index < -0.39 is 257 Å². The molecule has 1 heterocycles. The minimum atomic E-state index is -1.07. The molecule has 0 aliphatic heterocycles. The summed E-state index contributed by atoms with van der Waals surface area (Å²) in [4.78, 5) is 0. The molecule has 0 fully saturated rings. The van der Waals surface area contributed by atoms with Crippen LogP contribution in [0.25, 0.3) is 88.0 Å². The molecule has 0 N–H and O–H groups in total. The van der Waals surface area contributed by atoms with Crippen molar-refractivity contribution in [3.05, 3.63) is 169 Å². The Bertz CT molecular complexity index is 3950. The van der Waals surface area contributed by atoms with Crippen molar-refractivity contribution in [2.24, 2.45) is 0 Å². The fraction of sp³-hybridized carbons (Fsp3) is 0. The molecule has 0 aliphatic carbocycles. The molecule has 210 valence electrons. The Kier molecular flexibility index (Phi) is 2.32. The molecule has 0 aliphatic rings. The van der Waals surface area contributed by atoms with Gasteiger partial charge in [-0.2, -0.15) is 0 Å². The molecule has 8 aromatic carbocycles. The fourth-order valence-electron chi connectivity index (χ4n) is 5.08. The molecule has 0 saturated carbocycles. The van der Waals surface area contributed by atoms with E-state index in [-0.39, 0.29) is 0 Å². The van der Waals surface area contributed by atoms with E-state index in [9.17, 15) is 13.7 Å². The summed E-state index contributed by atoms with van der Waals surface area (Å²) in [5.41, 5.74) is -7.26. The van der Waals surface area contributed by atoms with Crippen molar-refractivity contribution < 1.29 is 42.8 Å². The third-order valence-corrected chi connectivity index (χ3v) is 7.01. The Morgan fingerprint density at radius 1 is 0.289 bits per heavy atom. The maximum absolute atomic E-state index is 9.77. The van der Waals surface area contributed by atoms with Crippen molar-refractivity contribution in [3.8, 4) is 44.5 Å². The first-order chi connectivity index (χ1) is 34.0. The van der Waals surface area contributed by atoms with Crippen molar-refractivity contribution in [1.82, 2.24) is 0 Å². The van der Waals surface area contributed by atoms with Crippen molar-refractivity contribution in [2.45, 2.75) is 0 Å². The Hall–Kier alpha value is -5.92. The maximum atomic E-state index is 9.77. The van der Waals surface area contributed by atoms with Crippen LogP contribution in [0.4, 0.5) is 0 Å². The first kappa shape index (κ1) is 10.1. The largest absolute Gasteiger partial charge is 0.456 e. The third kappa shape index (κ3) is 4.24. The molecule has 1 aromatic heterocycles. The van der Waals surface area contributed by atoms with Gasteiger partial charge in [0.1, 0.15) is 11.2 Å². The van der Waals surface area contributed by atoms with Gasteiger partial charge >= 0.3 is 0 Å². The van der Waals surface area contributed by atoms with Gasteiger partial charge in [0.05, 0.1) is 38.4 Å². The van der Waals surface area contributed by atoms with Crippen LogP contribution in [-0.2, 0) is 0 Å². The highest BCUT2D eigenvalue weighted by Crippen LogP contribution is 2.45. The summed E-state index contributed by atoms with van der Waals surface area (Å²) in [7, 11) is 0. The summed E-state index contributed by atoms with van der Waals surface area (Å²) in [5.74, 6) is 0. The van der Waals surface area contributed by atoms with Crippen molar-refractivity contribution in [3.63, 3.8) is 0 Å². The SMILES string of the molecule is [2H]c1c([2H])c([2H])c(-c2c([2H])c([2H])c(-c3c4c([2H])c([2H])c([2H])c([2H])c4c(-c4c([2H])c([2H])c5oc6c([2H])c(-c7c([2H])c([2H])c([2H])c([2H])c7[2H])c([2H])c([2H])c6c5c4[2H])c4c([2H])c([2H])c([2H])c([2H])c34)c([2H])c2[2H])c([2H])c1[2H]. The lowest BCUT2D eigenvalue weighted by Crippen LogP contribution is -1.91. The molecule has 1 heteroatoms. The van der Waals surface area contributed by atoms with E-state index in [4.69, 9.17) is 29.1 Å². The molecule has 1 nitrogen and oxygen atoms in total. The van der Waals surface area contributed by atoms with Gasteiger partial charge in [-0.1, -0.05) is 145 Å². The topological polar surface area (TPSA) is 13.1 Å². The van der Waals surface area contributed by atoms with Crippen LogP contribution in [-0.4, -0.2) is 0 Å². The van der Waals surface area contributed by atoms with Crippen LogP contribution in [0.3, 0.4) is 0 Å². The molecule has 45 heavy (non-hydrogen) atoms. The zero-order chi connectivity index (χ0) is 54.1. The summed E-state index contributed by atoms with van der Waals surface area (Å²) in [5, 5.41) is -4.09. The van der Waals surface area contributed by atoms with Gasteiger partial charge in [0.2, 0.25) is 0 Å². The number of benzene rings is 8. The van der Waals surface area contributed by atoms with Crippen LogP contribution >= 0.6 is 0 Å². The van der Waals surface area contributed by atoms with Gasteiger partial charge in [0.15, 0.2) is 0 Å². The normalized spacial score (nSPS) is 20.3. The van der Waals surface area contributed by atoms with Crippen molar-refractivity contribution in [1.29, 1.82) is 0 Å². The molecule has 9 rings (SSSR count). The Labute approximate surface area is 301 Å². The molecule has 0 unspecified atom stereocenters. The smallest absolute Gasteiger partial charge is 0.136 e. The van der Waals surface area contributed by atoms with E-state index in [0.29, 0.717) is 0 Å². The molecule has 0 saturated heterocycles. The van der Waals surface area contributed by atoms with Crippen LogP contribution < -0.4 is 0 Å². The van der Waals surface area contributed by atoms with E-state index in [1.54, 1.807) is 0 Å². The van der Waals surface area contributed by atoms with E-state index >= 15 is 0 Å². The molecule has 0 atom stereocenters. The van der Waals surface area contributed by atoms with E-state index in [1.807, 2.05) is 0 Å². The molecule has 0 spiro atoms. The van der Waals surface area contributed by atoms with Crippen molar-refractivity contribution >= 4 is 43.5 Å². The van der Waals surface area contributed by atoms with Crippen molar-refractivity contribution in [2.75, 3.05) is 0 Å². The van der Waals surface area contributed by atoms with Gasteiger partial charge in [0.25, 0.3) is 0 Å². The van der Waals surface area contributed by atoms with Gasteiger partial charge in [-0.05, 0) is 90.2 Å².